The van der Waals surface area contributed by atoms with Gasteiger partial charge in [-0.05, 0) is 19.3 Å². The Morgan fingerprint density at radius 2 is 2.00 bits per heavy atom. The predicted octanol–water partition coefficient (Wildman–Crippen LogP) is 1.11. The molecular formula is C10H21NO3. The van der Waals surface area contributed by atoms with Gasteiger partial charge in [0.25, 0.3) is 0 Å². The largest absolute Gasteiger partial charge is 0.480 e. The number of carboxylic acids is 1. The number of rotatable bonds is 7. The standard InChI is InChI=1S/C10H21NO3/c1-7(2)5-9(10(12)13)11-8(3)6-14-4/h7-9,11H,5-6H2,1-4H3,(H,12,13). The molecule has 0 saturated carbocycles. The molecule has 0 amide bonds. The Bertz CT molecular complexity index is 171. The third kappa shape index (κ3) is 5.94. The van der Waals surface area contributed by atoms with E-state index in [1.54, 1.807) is 7.11 Å². The van der Waals surface area contributed by atoms with E-state index in [9.17, 15) is 4.79 Å². The van der Waals surface area contributed by atoms with Gasteiger partial charge in [-0.15, -0.1) is 0 Å². The van der Waals surface area contributed by atoms with Gasteiger partial charge in [0.15, 0.2) is 0 Å². The quantitative estimate of drug-likeness (QED) is 0.650. The number of carboxylic acid groups (broad SMARTS) is 1. The molecule has 0 aromatic rings. The van der Waals surface area contributed by atoms with Crippen molar-refractivity contribution in [3.8, 4) is 0 Å². The first-order chi connectivity index (χ1) is 6.47. The van der Waals surface area contributed by atoms with E-state index in [2.05, 4.69) is 5.32 Å². The van der Waals surface area contributed by atoms with Crippen molar-refractivity contribution < 1.29 is 14.6 Å². The average molecular weight is 203 g/mol. The number of hydrogen-bond donors (Lipinski definition) is 2. The van der Waals surface area contributed by atoms with Gasteiger partial charge in [-0.2, -0.15) is 0 Å². The minimum absolute atomic E-state index is 0.0693. The van der Waals surface area contributed by atoms with Gasteiger partial charge < -0.3 is 9.84 Å². The van der Waals surface area contributed by atoms with Crippen LogP contribution in [0.15, 0.2) is 0 Å². The van der Waals surface area contributed by atoms with E-state index >= 15 is 0 Å². The molecule has 0 spiro atoms. The summed E-state index contributed by atoms with van der Waals surface area (Å²) in [6.07, 6.45) is 0.642. The summed E-state index contributed by atoms with van der Waals surface area (Å²) in [6.45, 7) is 6.47. The van der Waals surface area contributed by atoms with E-state index < -0.39 is 12.0 Å². The molecule has 84 valence electrons. The second kappa shape index (κ2) is 6.79. The molecule has 0 saturated heterocycles. The van der Waals surface area contributed by atoms with Crippen LogP contribution in [0.3, 0.4) is 0 Å². The zero-order valence-corrected chi connectivity index (χ0v) is 9.41. The maximum atomic E-state index is 10.9. The molecule has 0 aliphatic rings. The average Bonchev–Trinajstić information content (AvgIpc) is 2.02. The lowest BCUT2D eigenvalue weighted by molar-refractivity contribution is -0.140. The maximum absolute atomic E-state index is 10.9. The van der Waals surface area contributed by atoms with Gasteiger partial charge in [-0.25, -0.2) is 0 Å². The minimum Gasteiger partial charge on any atom is -0.480 e. The second-order valence-electron chi connectivity index (χ2n) is 4.04. The highest BCUT2D eigenvalue weighted by Crippen LogP contribution is 2.05. The lowest BCUT2D eigenvalue weighted by Crippen LogP contribution is -2.44. The van der Waals surface area contributed by atoms with Crippen molar-refractivity contribution in [3.05, 3.63) is 0 Å². The van der Waals surface area contributed by atoms with E-state index in [1.807, 2.05) is 20.8 Å². The van der Waals surface area contributed by atoms with Gasteiger partial charge in [-0.1, -0.05) is 13.8 Å². The maximum Gasteiger partial charge on any atom is 0.320 e. The molecule has 2 unspecified atom stereocenters. The van der Waals surface area contributed by atoms with E-state index in [0.29, 0.717) is 18.9 Å². The molecular weight excluding hydrogens is 182 g/mol. The Hall–Kier alpha value is -0.610. The lowest BCUT2D eigenvalue weighted by Gasteiger charge is -2.20. The van der Waals surface area contributed by atoms with Gasteiger partial charge in [0.2, 0.25) is 0 Å². The van der Waals surface area contributed by atoms with E-state index in [0.717, 1.165) is 0 Å². The zero-order valence-electron chi connectivity index (χ0n) is 9.41. The van der Waals surface area contributed by atoms with Gasteiger partial charge in [0, 0.05) is 13.2 Å². The van der Waals surface area contributed by atoms with Crippen molar-refractivity contribution in [2.24, 2.45) is 5.92 Å². The summed E-state index contributed by atoms with van der Waals surface area (Å²) in [7, 11) is 1.61. The smallest absolute Gasteiger partial charge is 0.320 e. The molecule has 0 fully saturated rings. The van der Waals surface area contributed by atoms with Gasteiger partial charge >= 0.3 is 5.97 Å². The van der Waals surface area contributed by atoms with Gasteiger partial charge in [0.05, 0.1) is 6.61 Å². The van der Waals surface area contributed by atoms with Crippen LogP contribution >= 0.6 is 0 Å². The minimum atomic E-state index is -0.790. The highest BCUT2D eigenvalue weighted by molar-refractivity contribution is 5.73. The van der Waals surface area contributed by atoms with Crippen molar-refractivity contribution >= 4 is 5.97 Å². The van der Waals surface area contributed by atoms with Crippen molar-refractivity contribution in [2.45, 2.75) is 39.3 Å². The number of ether oxygens (including phenoxy) is 1. The second-order valence-corrected chi connectivity index (χ2v) is 4.04. The van der Waals surface area contributed by atoms with Crippen LogP contribution in [0.5, 0.6) is 0 Å². The molecule has 0 radical (unpaired) electrons. The van der Waals surface area contributed by atoms with Crippen LogP contribution in [0, 0.1) is 5.92 Å². The molecule has 0 heterocycles. The molecule has 4 nitrogen and oxygen atoms in total. The highest BCUT2D eigenvalue weighted by Gasteiger charge is 2.20. The van der Waals surface area contributed by atoms with Gasteiger partial charge in [-0.3, -0.25) is 10.1 Å². The Balaban J connectivity index is 4.02. The normalized spacial score (nSPS) is 15.5. The SMILES string of the molecule is COCC(C)NC(CC(C)C)C(=O)O. The van der Waals surface area contributed by atoms with Crippen LogP contribution in [0.25, 0.3) is 0 Å². The summed E-state index contributed by atoms with van der Waals surface area (Å²) in [4.78, 5) is 10.9. The Morgan fingerprint density at radius 3 is 2.36 bits per heavy atom. The number of carbonyl (C=O) groups is 1. The van der Waals surface area contributed by atoms with Gasteiger partial charge in [0.1, 0.15) is 6.04 Å². The van der Waals surface area contributed by atoms with Crippen LogP contribution in [0.1, 0.15) is 27.2 Å². The molecule has 14 heavy (non-hydrogen) atoms. The fourth-order valence-electron chi connectivity index (χ4n) is 1.35. The predicted molar refractivity (Wildman–Crippen MR) is 55.4 cm³/mol. The molecule has 2 N–H and O–H groups in total. The van der Waals surface area contributed by atoms with Crippen molar-refractivity contribution in [1.82, 2.24) is 5.32 Å². The summed E-state index contributed by atoms with van der Waals surface area (Å²) in [5.41, 5.74) is 0. The number of nitrogens with one attached hydrogen (secondary N) is 1. The van der Waals surface area contributed by atoms with Crippen LogP contribution in [0.4, 0.5) is 0 Å². The van der Waals surface area contributed by atoms with E-state index in [-0.39, 0.29) is 6.04 Å². The zero-order chi connectivity index (χ0) is 11.1. The Labute approximate surface area is 85.6 Å². The molecule has 2 atom stereocenters. The molecule has 0 rings (SSSR count). The highest BCUT2D eigenvalue weighted by atomic mass is 16.5. The summed E-state index contributed by atoms with van der Waals surface area (Å²) in [5, 5.41) is 12.0. The van der Waals surface area contributed by atoms with Crippen LogP contribution < -0.4 is 5.32 Å². The molecule has 0 aliphatic heterocycles. The Kier molecular flexibility index (Phi) is 6.49. The van der Waals surface area contributed by atoms with E-state index in [4.69, 9.17) is 9.84 Å². The first-order valence-corrected chi connectivity index (χ1v) is 4.95. The Morgan fingerprint density at radius 1 is 1.43 bits per heavy atom. The van der Waals surface area contributed by atoms with Crippen molar-refractivity contribution in [3.63, 3.8) is 0 Å². The number of aliphatic carboxylic acids is 1. The molecule has 0 bridgehead atoms. The van der Waals surface area contributed by atoms with Crippen molar-refractivity contribution in [1.29, 1.82) is 0 Å². The van der Waals surface area contributed by atoms with Crippen LogP contribution in [-0.4, -0.2) is 36.9 Å². The summed E-state index contributed by atoms with van der Waals surface area (Å²) >= 11 is 0. The fraction of sp³-hybridized carbons (Fsp3) is 0.900. The van der Waals surface area contributed by atoms with Crippen LogP contribution in [0.2, 0.25) is 0 Å². The molecule has 0 aromatic carbocycles. The van der Waals surface area contributed by atoms with E-state index in [1.165, 1.54) is 0 Å². The topological polar surface area (TPSA) is 58.6 Å². The third-order valence-corrected chi connectivity index (χ3v) is 1.91. The lowest BCUT2D eigenvalue weighted by atomic mass is 10.0. The number of hydrogen-bond acceptors (Lipinski definition) is 3. The molecule has 0 aliphatic carbocycles. The first-order valence-electron chi connectivity index (χ1n) is 4.95. The summed E-state index contributed by atoms with van der Waals surface area (Å²) < 4.78 is 4.93. The first kappa shape index (κ1) is 13.4. The summed E-state index contributed by atoms with van der Waals surface area (Å²) in [6, 6.07) is -0.403. The monoisotopic (exact) mass is 203 g/mol. The number of methoxy groups -OCH3 is 1. The third-order valence-electron chi connectivity index (χ3n) is 1.91. The molecule has 0 aromatic heterocycles. The molecule has 4 heteroatoms. The fourth-order valence-corrected chi connectivity index (χ4v) is 1.35. The van der Waals surface area contributed by atoms with Crippen molar-refractivity contribution in [2.75, 3.05) is 13.7 Å². The summed E-state index contributed by atoms with van der Waals surface area (Å²) in [5.74, 6) is -0.417. The van der Waals surface area contributed by atoms with Crippen LogP contribution in [-0.2, 0) is 9.53 Å².